The number of rotatable bonds is 3. The van der Waals surface area contributed by atoms with Crippen molar-refractivity contribution in [3.8, 4) is 5.75 Å². The topological polar surface area (TPSA) is 32.3 Å². The van der Waals surface area contributed by atoms with Crippen molar-refractivity contribution in [2.45, 2.75) is 13.5 Å². The highest BCUT2D eigenvalue weighted by Gasteiger charge is 2.09. The van der Waals surface area contributed by atoms with E-state index >= 15 is 0 Å². The highest BCUT2D eigenvalue weighted by molar-refractivity contribution is 9.10. The average molecular weight is 328 g/mol. The van der Waals surface area contributed by atoms with Crippen LogP contribution >= 0.6 is 15.9 Å². The molecular formula is C14H12BrF2NO. The van der Waals surface area contributed by atoms with Gasteiger partial charge in [-0.25, -0.2) is 8.78 Å². The van der Waals surface area contributed by atoms with Gasteiger partial charge in [0.25, 0.3) is 0 Å². The van der Waals surface area contributed by atoms with Crippen molar-refractivity contribution in [2.75, 3.05) is 5.32 Å². The monoisotopic (exact) mass is 327 g/mol. The quantitative estimate of drug-likeness (QED) is 0.878. The number of aromatic hydroxyl groups is 1. The van der Waals surface area contributed by atoms with E-state index in [0.29, 0.717) is 5.56 Å². The average Bonchev–Trinajstić information content (AvgIpc) is 2.37. The van der Waals surface area contributed by atoms with E-state index in [4.69, 9.17) is 5.11 Å². The normalized spacial score (nSPS) is 10.5. The zero-order valence-corrected chi connectivity index (χ0v) is 11.8. The van der Waals surface area contributed by atoms with Crippen LogP contribution in [0.3, 0.4) is 0 Å². The van der Waals surface area contributed by atoms with E-state index in [-0.39, 0.29) is 6.54 Å². The molecule has 0 atom stereocenters. The Hall–Kier alpha value is -1.62. The number of anilines is 1. The van der Waals surface area contributed by atoms with E-state index in [2.05, 4.69) is 21.2 Å². The summed E-state index contributed by atoms with van der Waals surface area (Å²) < 4.78 is 27.3. The van der Waals surface area contributed by atoms with Crippen LogP contribution in [-0.4, -0.2) is 5.11 Å². The number of halogens is 3. The Kier molecular flexibility index (Phi) is 4.04. The fourth-order valence-corrected chi connectivity index (χ4v) is 2.06. The number of hydrogen-bond acceptors (Lipinski definition) is 2. The fourth-order valence-electron chi connectivity index (χ4n) is 1.70. The fraction of sp³-hybridized carbons (Fsp3) is 0.143. The van der Waals surface area contributed by atoms with Crippen LogP contribution < -0.4 is 5.32 Å². The molecular weight excluding hydrogens is 316 g/mol. The van der Waals surface area contributed by atoms with Gasteiger partial charge in [0, 0.05) is 16.7 Å². The van der Waals surface area contributed by atoms with Crippen LogP contribution in [0.25, 0.3) is 0 Å². The molecule has 0 bridgehead atoms. The van der Waals surface area contributed by atoms with Gasteiger partial charge < -0.3 is 10.4 Å². The third kappa shape index (κ3) is 3.23. The maximum absolute atomic E-state index is 13.2. The van der Waals surface area contributed by atoms with Gasteiger partial charge in [-0.3, -0.25) is 0 Å². The number of benzene rings is 2. The molecule has 2 rings (SSSR count). The van der Waals surface area contributed by atoms with Gasteiger partial charge in [0.2, 0.25) is 0 Å². The lowest BCUT2D eigenvalue weighted by Gasteiger charge is -2.10. The maximum atomic E-state index is 13.2. The molecule has 2 aromatic rings. The first-order chi connectivity index (χ1) is 8.97. The van der Waals surface area contributed by atoms with Crippen LogP contribution in [0.1, 0.15) is 11.1 Å². The predicted molar refractivity (Wildman–Crippen MR) is 74.2 cm³/mol. The lowest BCUT2D eigenvalue weighted by atomic mass is 10.1. The molecule has 0 aliphatic rings. The summed E-state index contributed by atoms with van der Waals surface area (Å²) in [5.74, 6) is -2.85. The van der Waals surface area contributed by atoms with Crippen molar-refractivity contribution in [3.05, 3.63) is 57.6 Å². The van der Waals surface area contributed by atoms with Gasteiger partial charge in [-0.05, 0) is 42.3 Å². The molecule has 0 unspecified atom stereocenters. The third-order valence-corrected chi connectivity index (χ3v) is 3.25. The summed E-state index contributed by atoms with van der Waals surface area (Å²) in [5.41, 5.74) is 2.33. The summed E-state index contributed by atoms with van der Waals surface area (Å²) in [4.78, 5) is 0. The molecule has 0 aromatic heterocycles. The summed E-state index contributed by atoms with van der Waals surface area (Å²) in [6, 6.07) is 7.96. The summed E-state index contributed by atoms with van der Waals surface area (Å²) in [7, 11) is 0. The molecule has 0 aliphatic heterocycles. The van der Waals surface area contributed by atoms with Crippen molar-refractivity contribution >= 4 is 21.6 Å². The van der Waals surface area contributed by atoms with Gasteiger partial charge in [0.1, 0.15) is 0 Å². The van der Waals surface area contributed by atoms with Crippen LogP contribution in [0.15, 0.2) is 34.8 Å². The molecule has 5 heteroatoms. The molecule has 0 saturated carbocycles. The molecule has 0 saturated heterocycles. The summed E-state index contributed by atoms with van der Waals surface area (Å²) in [6.45, 7) is 2.21. The lowest BCUT2D eigenvalue weighted by molar-refractivity contribution is 0.395. The van der Waals surface area contributed by atoms with E-state index < -0.39 is 17.4 Å². The smallest absolute Gasteiger partial charge is 0.187 e. The lowest BCUT2D eigenvalue weighted by Crippen LogP contribution is -2.02. The van der Waals surface area contributed by atoms with Crippen LogP contribution in [0, 0.1) is 18.6 Å². The zero-order valence-electron chi connectivity index (χ0n) is 10.2. The molecule has 0 aliphatic carbocycles. The van der Waals surface area contributed by atoms with Gasteiger partial charge >= 0.3 is 0 Å². The molecule has 0 radical (unpaired) electrons. The molecule has 0 heterocycles. The standard InChI is InChI=1S/C14H12BrF2NO/c1-8-2-3-10(15)6-13(8)18-7-9-4-11(16)14(19)12(17)5-9/h2-6,18-19H,7H2,1H3. The first-order valence-electron chi connectivity index (χ1n) is 5.64. The number of aryl methyl sites for hydroxylation is 1. The first kappa shape index (κ1) is 13.8. The van der Waals surface area contributed by atoms with Crippen LogP contribution in [0.4, 0.5) is 14.5 Å². The van der Waals surface area contributed by atoms with Crippen LogP contribution in [0.2, 0.25) is 0 Å². The van der Waals surface area contributed by atoms with Crippen LogP contribution in [0.5, 0.6) is 5.75 Å². The molecule has 0 spiro atoms. The molecule has 2 aromatic carbocycles. The second kappa shape index (κ2) is 5.57. The Morgan fingerprint density at radius 2 is 1.79 bits per heavy atom. The summed E-state index contributed by atoms with van der Waals surface area (Å²) in [6.07, 6.45) is 0. The largest absolute Gasteiger partial charge is 0.503 e. The first-order valence-corrected chi connectivity index (χ1v) is 6.43. The predicted octanol–water partition coefficient (Wildman–Crippen LogP) is 4.35. The minimum absolute atomic E-state index is 0.269. The second-order valence-corrected chi connectivity index (χ2v) is 5.14. The van der Waals surface area contributed by atoms with E-state index in [0.717, 1.165) is 27.9 Å². The molecule has 2 nitrogen and oxygen atoms in total. The number of phenols is 1. The zero-order chi connectivity index (χ0) is 14.0. The molecule has 0 fully saturated rings. The Balaban J connectivity index is 2.17. The number of nitrogens with one attached hydrogen (secondary N) is 1. The second-order valence-electron chi connectivity index (χ2n) is 4.22. The summed E-state index contributed by atoms with van der Waals surface area (Å²) in [5, 5.41) is 12.1. The van der Waals surface area contributed by atoms with Gasteiger partial charge in [0.05, 0.1) is 0 Å². The molecule has 19 heavy (non-hydrogen) atoms. The van der Waals surface area contributed by atoms with Crippen molar-refractivity contribution < 1.29 is 13.9 Å². The minimum atomic E-state index is -0.956. The summed E-state index contributed by atoms with van der Waals surface area (Å²) >= 11 is 3.36. The van der Waals surface area contributed by atoms with Crippen molar-refractivity contribution in [3.63, 3.8) is 0 Å². The van der Waals surface area contributed by atoms with E-state index in [1.54, 1.807) is 0 Å². The Bertz CT molecular complexity index is 593. The molecule has 100 valence electrons. The van der Waals surface area contributed by atoms with Gasteiger partial charge in [-0.1, -0.05) is 22.0 Å². The van der Waals surface area contributed by atoms with Gasteiger partial charge in [-0.2, -0.15) is 0 Å². The van der Waals surface area contributed by atoms with Crippen molar-refractivity contribution in [1.82, 2.24) is 0 Å². The number of phenolic OH excluding ortho intramolecular Hbond substituents is 1. The van der Waals surface area contributed by atoms with Crippen molar-refractivity contribution in [2.24, 2.45) is 0 Å². The Morgan fingerprint density at radius 3 is 2.42 bits per heavy atom. The van der Waals surface area contributed by atoms with Gasteiger partial charge in [0.15, 0.2) is 17.4 Å². The highest BCUT2D eigenvalue weighted by atomic mass is 79.9. The minimum Gasteiger partial charge on any atom is -0.503 e. The van der Waals surface area contributed by atoms with Gasteiger partial charge in [-0.15, -0.1) is 0 Å². The highest BCUT2D eigenvalue weighted by Crippen LogP contribution is 2.24. The third-order valence-electron chi connectivity index (χ3n) is 2.76. The number of hydrogen-bond donors (Lipinski definition) is 2. The molecule has 2 N–H and O–H groups in total. The van der Waals surface area contributed by atoms with Crippen LogP contribution in [-0.2, 0) is 6.54 Å². The van der Waals surface area contributed by atoms with E-state index in [1.807, 2.05) is 25.1 Å². The van der Waals surface area contributed by atoms with E-state index in [1.165, 1.54) is 0 Å². The molecule has 0 amide bonds. The Morgan fingerprint density at radius 1 is 1.16 bits per heavy atom. The maximum Gasteiger partial charge on any atom is 0.187 e. The van der Waals surface area contributed by atoms with E-state index in [9.17, 15) is 8.78 Å². The SMILES string of the molecule is Cc1ccc(Br)cc1NCc1cc(F)c(O)c(F)c1. The Labute approximate surface area is 118 Å². The van der Waals surface area contributed by atoms with Crippen molar-refractivity contribution in [1.29, 1.82) is 0 Å².